The van der Waals surface area contributed by atoms with Crippen molar-refractivity contribution in [2.24, 2.45) is 0 Å². The van der Waals surface area contributed by atoms with Crippen molar-refractivity contribution in [2.75, 3.05) is 6.61 Å². The minimum absolute atomic E-state index is 0.0158. The van der Waals surface area contributed by atoms with Gasteiger partial charge in [0.1, 0.15) is 10.7 Å². The van der Waals surface area contributed by atoms with Crippen molar-refractivity contribution in [3.8, 4) is 0 Å². The van der Waals surface area contributed by atoms with E-state index in [0.29, 0.717) is 10.1 Å². The van der Waals surface area contributed by atoms with Crippen molar-refractivity contribution in [1.29, 1.82) is 0 Å². The van der Waals surface area contributed by atoms with Crippen molar-refractivity contribution in [1.82, 2.24) is 5.32 Å². The van der Waals surface area contributed by atoms with E-state index in [9.17, 15) is 14.0 Å². The van der Waals surface area contributed by atoms with Gasteiger partial charge >= 0.3 is 5.97 Å². The van der Waals surface area contributed by atoms with Crippen LogP contribution < -0.4 is 5.32 Å². The Labute approximate surface area is 136 Å². The average Bonchev–Trinajstić information content (AvgIpc) is 2.81. The molecule has 2 rings (SSSR count). The number of hydrogen-bond donors (Lipinski definition) is 1. The lowest BCUT2D eigenvalue weighted by molar-refractivity contribution is -0.124. The van der Waals surface area contributed by atoms with Gasteiger partial charge in [-0.3, -0.25) is 4.79 Å². The predicted molar refractivity (Wildman–Crippen MR) is 85.0 cm³/mol. The van der Waals surface area contributed by atoms with Crippen LogP contribution in [0.4, 0.5) is 4.39 Å². The van der Waals surface area contributed by atoms with Crippen LogP contribution in [0.3, 0.4) is 0 Å². The number of esters is 1. The first-order valence-electron chi connectivity index (χ1n) is 6.76. The summed E-state index contributed by atoms with van der Waals surface area (Å²) < 4.78 is 18.7. The maximum atomic E-state index is 13.2. The van der Waals surface area contributed by atoms with Crippen LogP contribution in [-0.4, -0.2) is 24.5 Å². The van der Waals surface area contributed by atoms with Crippen LogP contribution in [0.15, 0.2) is 18.2 Å². The number of amides is 1. The van der Waals surface area contributed by atoms with Crippen molar-refractivity contribution in [2.45, 2.75) is 26.3 Å². The second kappa shape index (κ2) is 7.07. The van der Waals surface area contributed by atoms with Gasteiger partial charge in [-0.1, -0.05) is 18.5 Å². The quantitative estimate of drug-likeness (QED) is 0.841. The molecule has 1 heterocycles. The number of hydrogen-bond acceptors (Lipinski definition) is 4. The van der Waals surface area contributed by atoms with E-state index in [0.717, 1.165) is 17.8 Å². The van der Waals surface area contributed by atoms with Crippen molar-refractivity contribution >= 4 is 44.9 Å². The lowest BCUT2D eigenvalue weighted by atomic mass is 10.2. The number of halogens is 2. The van der Waals surface area contributed by atoms with E-state index in [1.165, 1.54) is 18.2 Å². The van der Waals surface area contributed by atoms with Crippen LogP contribution in [0.25, 0.3) is 10.1 Å². The van der Waals surface area contributed by atoms with Gasteiger partial charge in [0.15, 0.2) is 6.61 Å². The Hall–Kier alpha value is -1.66. The second-order valence-corrected chi connectivity index (χ2v) is 6.27. The van der Waals surface area contributed by atoms with Gasteiger partial charge in [-0.25, -0.2) is 9.18 Å². The van der Waals surface area contributed by atoms with Gasteiger partial charge in [0.05, 0.1) is 5.02 Å². The van der Waals surface area contributed by atoms with Crippen LogP contribution in [0.5, 0.6) is 0 Å². The highest BCUT2D eigenvalue weighted by Crippen LogP contribution is 2.36. The zero-order valence-corrected chi connectivity index (χ0v) is 13.7. The molecule has 0 aliphatic rings. The SMILES string of the molecule is CC[C@H](C)NC(=O)COC(=O)c1sc2cc(F)ccc2c1Cl. The summed E-state index contributed by atoms with van der Waals surface area (Å²) in [5.41, 5.74) is 0. The first kappa shape index (κ1) is 16.7. The van der Waals surface area contributed by atoms with E-state index < -0.39 is 11.8 Å². The third-order valence-electron chi connectivity index (χ3n) is 3.13. The molecule has 1 amide bonds. The third-order valence-corrected chi connectivity index (χ3v) is 4.77. The van der Waals surface area contributed by atoms with E-state index in [-0.39, 0.29) is 28.5 Å². The second-order valence-electron chi connectivity index (χ2n) is 4.84. The molecule has 0 fully saturated rings. The summed E-state index contributed by atoms with van der Waals surface area (Å²) in [5.74, 6) is -1.46. The number of carbonyl (C=O) groups is 2. The van der Waals surface area contributed by atoms with Crippen LogP contribution >= 0.6 is 22.9 Å². The highest BCUT2D eigenvalue weighted by atomic mass is 35.5. The minimum Gasteiger partial charge on any atom is -0.451 e. The highest BCUT2D eigenvalue weighted by molar-refractivity contribution is 7.21. The summed E-state index contributed by atoms with van der Waals surface area (Å²) >= 11 is 7.15. The molecule has 0 saturated carbocycles. The fourth-order valence-corrected chi connectivity index (χ4v) is 3.21. The lowest BCUT2D eigenvalue weighted by Crippen LogP contribution is -2.35. The fourth-order valence-electron chi connectivity index (χ4n) is 1.79. The summed E-state index contributed by atoms with van der Waals surface area (Å²) in [4.78, 5) is 23.8. The molecule has 0 aliphatic heterocycles. The number of rotatable bonds is 5. The Kier molecular flexibility index (Phi) is 5.37. The summed E-state index contributed by atoms with van der Waals surface area (Å²) in [6, 6.07) is 4.10. The molecule has 1 atom stereocenters. The first-order valence-corrected chi connectivity index (χ1v) is 7.95. The molecular weight excluding hydrogens is 329 g/mol. The van der Waals surface area contributed by atoms with Crippen LogP contribution in [0.2, 0.25) is 5.02 Å². The number of ether oxygens (including phenoxy) is 1. The number of carbonyl (C=O) groups excluding carboxylic acids is 2. The molecule has 22 heavy (non-hydrogen) atoms. The standard InChI is InChI=1S/C15H15ClFNO3S/c1-3-8(2)18-12(19)7-21-15(20)14-13(16)10-5-4-9(17)6-11(10)22-14/h4-6,8H,3,7H2,1-2H3,(H,18,19)/t8-/m0/s1. The van der Waals surface area contributed by atoms with Gasteiger partial charge < -0.3 is 10.1 Å². The Morgan fingerprint density at radius 3 is 2.86 bits per heavy atom. The van der Waals surface area contributed by atoms with E-state index in [1.807, 2.05) is 13.8 Å². The molecule has 0 bridgehead atoms. The van der Waals surface area contributed by atoms with Crippen LogP contribution in [0.1, 0.15) is 29.9 Å². The monoisotopic (exact) mass is 343 g/mol. The van der Waals surface area contributed by atoms with Crippen molar-refractivity contribution < 1.29 is 18.7 Å². The smallest absolute Gasteiger partial charge is 0.350 e. The van der Waals surface area contributed by atoms with E-state index in [2.05, 4.69) is 5.32 Å². The van der Waals surface area contributed by atoms with Gasteiger partial charge in [-0.15, -0.1) is 11.3 Å². The fraction of sp³-hybridized carbons (Fsp3) is 0.333. The molecule has 0 spiro atoms. The minimum atomic E-state index is -0.689. The normalized spacial score (nSPS) is 12.2. The van der Waals surface area contributed by atoms with E-state index >= 15 is 0 Å². The van der Waals surface area contributed by atoms with Gasteiger partial charge in [-0.05, 0) is 31.5 Å². The maximum absolute atomic E-state index is 13.2. The Morgan fingerprint density at radius 1 is 1.45 bits per heavy atom. The molecule has 7 heteroatoms. The Morgan fingerprint density at radius 2 is 2.18 bits per heavy atom. The largest absolute Gasteiger partial charge is 0.451 e. The van der Waals surface area contributed by atoms with Crippen molar-refractivity contribution in [3.05, 3.63) is 33.9 Å². The number of fused-ring (bicyclic) bond motifs is 1. The average molecular weight is 344 g/mol. The molecule has 0 aliphatic carbocycles. The molecule has 1 aromatic heterocycles. The first-order chi connectivity index (χ1) is 10.4. The van der Waals surface area contributed by atoms with E-state index in [1.54, 1.807) is 0 Å². The van der Waals surface area contributed by atoms with Gasteiger partial charge in [0, 0.05) is 16.1 Å². The molecule has 0 saturated heterocycles. The lowest BCUT2D eigenvalue weighted by Gasteiger charge is -2.11. The summed E-state index contributed by atoms with van der Waals surface area (Å²) in [6.45, 7) is 3.42. The van der Waals surface area contributed by atoms with Crippen LogP contribution in [-0.2, 0) is 9.53 Å². The Bertz CT molecular complexity index is 716. The molecule has 118 valence electrons. The highest BCUT2D eigenvalue weighted by Gasteiger charge is 2.20. The Balaban J connectivity index is 2.07. The molecule has 0 unspecified atom stereocenters. The molecular formula is C15H15ClFNO3S. The van der Waals surface area contributed by atoms with Gasteiger partial charge in [-0.2, -0.15) is 0 Å². The molecule has 0 radical (unpaired) electrons. The number of benzene rings is 1. The summed E-state index contributed by atoms with van der Waals surface area (Å²) in [5, 5.41) is 3.49. The van der Waals surface area contributed by atoms with Gasteiger partial charge in [0.25, 0.3) is 5.91 Å². The molecule has 2 aromatic rings. The summed E-state index contributed by atoms with van der Waals surface area (Å²) in [6.07, 6.45) is 0.785. The maximum Gasteiger partial charge on any atom is 0.350 e. The predicted octanol–water partition coefficient (Wildman–Crippen LogP) is 3.77. The third kappa shape index (κ3) is 3.75. The van der Waals surface area contributed by atoms with E-state index in [4.69, 9.17) is 16.3 Å². The van der Waals surface area contributed by atoms with Crippen LogP contribution in [0, 0.1) is 5.82 Å². The molecule has 4 nitrogen and oxygen atoms in total. The topological polar surface area (TPSA) is 55.4 Å². The summed E-state index contributed by atoms with van der Waals surface area (Å²) in [7, 11) is 0. The zero-order chi connectivity index (χ0) is 16.3. The molecule has 1 N–H and O–H groups in total. The number of nitrogens with one attached hydrogen (secondary N) is 1. The zero-order valence-electron chi connectivity index (χ0n) is 12.1. The number of thiophene rings is 1. The molecule has 1 aromatic carbocycles. The van der Waals surface area contributed by atoms with Crippen molar-refractivity contribution in [3.63, 3.8) is 0 Å². The van der Waals surface area contributed by atoms with Gasteiger partial charge in [0.2, 0.25) is 0 Å².